The average Bonchev–Trinajstić information content (AvgIpc) is 2.88. The van der Waals surface area contributed by atoms with Gasteiger partial charge in [0, 0.05) is 10.4 Å². The third-order valence-corrected chi connectivity index (χ3v) is 3.12. The van der Waals surface area contributed by atoms with Crippen LogP contribution in [0.5, 0.6) is 5.75 Å². The molecule has 5 heteroatoms. The first kappa shape index (κ1) is 13.4. The Morgan fingerprint density at radius 1 is 1.26 bits per heavy atom. The molecular formula is C14H10F2O2S. The second-order valence-electron chi connectivity index (χ2n) is 3.62. The third kappa shape index (κ3) is 3.99. The highest BCUT2D eigenvalue weighted by Crippen LogP contribution is 2.17. The second kappa shape index (κ2) is 6.24. The van der Waals surface area contributed by atoms with Crippen molar-refractivity contribution in [2.24, 2.45) is 0 Å². The first-order chi connectivity index (χ1) is 9.15. The summed E-state index contributed by atoms with van der Waals surface area (Å²) in [5, 5.41) is 1.90. The molecule has 0 saturated heterocycles. The molecule has 0 fully saturated rings. The molecule has 0 atom stereocenters. The zero-order chi connectivity index (χ0) is 13.7. The SMILES string of the molecule is O=C(/C=C/c1cccs1)c1cccc(OC(F)F)c1. The average molecular weight is 280 g/mol. The minimum atomic E-state index is -2.90. The molecular weight excluding hydrogens is 270 g/mol. The fourth-order valence-corrected chi connectivity index (χ4v) is 2.08. The third-order valence-electron chi connectivity index (χ3n) is 2.29. The minimum absolute atomic E-state index is 0.0228. The van der Waals surface area contributed by atoms with Gasteiger partial charge in [0.05, 0.1) is 0 Å². The van der Waals surface area contributed by atoms with Gasteiger partial charge in [-0.1, -0.05) is 18.2 Å². The molecule has 1 heterocycles. The number of hydrogen-bond acceptors (Lipinski definition) is 3. The Morgan fingerprint density at radius 3 is 2.79 bits per heavy atom. The zero-order valence-corrected chi connectivity index (χ0v) is 10.6. The Kier molecular flexibility index (Phi) is 4.41. The molecule has 1 aromatic heterocycles. The van der Waals surface area contributed by atoms with Crippen molar-refractivity contribution in [1.29, 1.82) is 0 Å². The van der Waals surface area contributed by atoms with E-state index >= 15 is 0 Å². The number of thiophene rings is 1. The van der Waals surface area contributed by atoms with Crippen LogP contribution in [0.15, 0.2) is 47.9 Å². The Bertz CT molecular complexity index is 577. The summed E-state index contributed by atoms with van der Waals surface area (Å²) in [4.78, 5) is 12.8. The summed E-state index contributed by atoms with van der Waals surface area (Å²) in [6.07, 6.45) is 3.10. The number of benzene rings is 1. The first-order valence-electron chi connectivity index (χ1n) is 5.46. The van der Waals surface area contributed by atoms with Gasteiger partial charge >= 0.3 is 6.61 Å². The Morgan fingerprint density at radius 2 is 2.11 bits per heavy atom. The Labute approximate surface area is 113 Å². The molecule has 1 aromatic carbocycles. The standard InChI is InChI=1S/C14H10F2O2S/c15-14(16)18-11-4-1-3-10(9-11)13(17)7-6-12-5-2-8-19-12/h1-9,14H/b7-6+. The summed E-state index contributed by atoms with van der Waals surface area (Å²) in [6.45, 7) is -2.90. The number of carbonyl (C=O) groups excluding carboxylic acids is 1. The van der Waals surface area contributed by atoms with Crippen molar-refractivity contribution in [2.45, 2.75) is 6.61 Å². The molecule has 0 bridgehead atoms. The molecule has 2 nitrogen and oxygen atoms in total. The molecule has 0 aliphatic heterocycles. The molecule has 2 rings (SSSR count). The van der Waals surface area contributed by atoms with Crippen molar-refractivity contribution in [1.82, 2.24) is 0 Å². The highest BCUT2D eigenvalue weighted by atomic mass is 32.1. The maximum atomic E-state index is 12.1. The molecule has 0 N–H and O–H groups in total. The van der Waals surface area contributed by atoms with Gasteiger partial charge < -0.3 is 4.74 Å². The van der Waals surface area contributed by atoms with Gasteiger partial charge in [0.2, 0.25) is 0 Å². The smallest absolute Gasteiger partial charge is 0.387 e. The first-order valence-corrected chi connectivity index (χ1v) is 6.34. The van der Waals surface area contributed by atoms with E-state index < -0.39 is 6.61 Å². The Balaban J connectivity index is 2.10. The number of ketones is 1. The van der Waals surface area contributed by atoms with Crippen LogP contribution in [0, 0.1) is 0 Å². The number of carbonyl (C=O) groups is 1. The van der Waals surface area contributed by atoms with E-state index in [0.717, 1.165) is 4.88 Å². The molecule has 0 unspecified atom stereocenters. The van der Waals surface area contributed by atoms with E-state index in [4.69, 9.17) is 0 Å². The summed E-state index contributed by atoms with van der Waals surface area (Å²) in [6, 6.07) is 9.50. The van der Waals surface area contributed by atoms with Gasteiger partial charge in [-0.05, 0) is 35.7 Å². The van der Waals surface area contributed by atoms with Crippen LogP contribution in [0.4, 0.5) is 8.78 Å². The van der Waals surface area contributed by atoms with Crippen LogP contribution >= 0.6 is 11.3 Å². The minimum Gasteiger partial charge on any atom is -0.435 e. The summed E-state index contributed by atoms with van der Waals surface area (Å²) >= 11 is 1.51. The molecule has 0 aliphatic carbocycles. The van der Waals surface area contributed by atoms with E-state index in [-0.39, 0.29) is 11.5 Å². The lowest BCUT2D eigenvalue weighted by Crippen LogP contribution is -2.03. The number of ether oxygens (including phenoxy) is 1. The number of allylic oxidation sites excluding steroid dienone is 1. The molecule has 98 valence electrons. The summed E-state index contributed by atoms with van der Waals surface area (Å²) in [7, 11) is 0. The van der Waals surface area contributed by atoms with Crippen LogP contribution < -0.4 is 4.74 Å². The van der Waals surface area contributed by atoms with Crippen LogP contribution in [0.2, 0.25) is 0 Å². The van der Waals surface area contributed by atoms with Gasteiger partial charge in [0.1, 0.15) is 5.75 Å². The van der Waals surface area contributed by atoms with Gasteiger partial charge in [0.15, 0.2) is 5.78 Å². The van der Waals surface area contributed by atoms with Crippen LogP contribution in [0.1, 0.15) is 15.2 Å². The van der Waals surface area contributed by atoms with Gasteiger partial charge in [-0.15, -0.1) is 11.3 Å². The van der Waals surface area contributed by atoms with Gasteiger partial charge in [-0.25, -0.2) is 0 Å². The molecule has 0 aliphatic rings. The number of hydrogen-bond donors (Lipinski definition) is 0. The van der Waals surface area contributed by atoms with Crippen molar-refractivity contribution >= 4 is 23.2 Å². The number of alkyl halides is 2. The largest absolute Gasteiger partial charge is 0.435 e. The fourth-order valence-electron chi connectivity index (χ4n) is 1.47. The summed E-state index contributed by atoms with van der Waals surface area (Å²) in [5.74, 6) is -0.279. The van der Waals surface area contributed by atoms with Crippen LogP contribution in [0.3, 0.4) is 0 Å². The van der Waals surface area contributed by atoms with E-state index in [1.165, 1.54) is 35.6 Å². The van der Waals surface area contributed by atoms with Crippen LogP contribution in [0.25, 0.3) is 6.08 Å². The van der Waals surface area contributed by atoms with E-state index in [2.05, 4.69) is 4.74 Å². The normalized spacial score (nSPS) is 11.1. The van der Waals surface area contributed by atoms with Gasteiger partial charge in [-0.3, -0.25) is 4.79 Å². The van der Waals surface area contributed by atoms with Crippen LogP contribution in [-0.2, 0) is 0 Å². The van der Waals surface area contributed by atoms with Crippen LogP contribution in [-0.4, -0.2) is 12.4 Å². The predicted molar refractivity (Wildman–Crippen MR) is 70.8 cm³/mol. The zero-order valence-electron chi connectivity index (χ0n) is 9.75. The van der Waals surface area contributed by atoms with E-state index in [9.17, 15) is 13.6 Å². The quantitative estimate of drug-likeness (QED) is 0.604. The lowest BCUT2D eigenvalue weighted by atomic mass is 10.1. The number of rotatable bonds is 5. The molecule has 19 heavy (non-hydrogen) atoms. The topological polar surface area (TPSA) is 26.3 Å². The lowest BCUT2D eigenvalue weighted by molar-refractivity contribution is -0.0498. The lowest BCUT2D eigenvalue weighted by Gasteiger charge is -2.04. The van der Waals surface area contributed by atoms with Crippen molar-refractivity contribution in [3.05, 3.63) is 58.3 Å². The molecule has 0 radical (unpaired) electrons. The molecule has 0 saturated carbocycles. The second-order valence-corrected chi connectivity index (χ2v) is 4.60. The summed E-state index contributed by atoms with van der Waals surface area (Å²) < 4.78 is 28.4. The van der Waals surface area contributed by atoms with E-state index in [1.54, 1.807) is 12.1 Å². The highest BCUT2D eigenvalue weighted by molar-refractivity contribution is 7.10. The monoisotopic (exact) mass is 280 g/mol. The molecule has 0 spiro atoms. The van der Waals surface area contributed by atoms with E-state index in [0.29, 0.717) is 5.56 Å². The van der Waals surface area contributed by atoms with Crippen molar-refractivity contribution < 1.29 is 18.3 Å². The van der Waals surface area contributed by atoms with Gasteiger partial charge in [-0.2, -0.15) is 8.78 Å². The molecule has 2 aromatic rings. The predicted octanol–water partition coefficient (Wildman–Crippen LogP) is 4.25. The maximum absolute atomic E-state index is 12.1. The summed E-state index contributed by atoms with van der Waals surface area (Å²) in [5.41, 5.74) is 0.311. The molecule has 0 amide bonds. The van der Waals surface area contributed by atoms with Gasteiger partial charge in [0.25, 0.3) is 0 Å². The van der Waals surface area contributed by atoms with Crippen molar-refractivity contribution in [3.63, 3.8) is 0 Å². The van der Waals surface area contributed by atoms with E-state index in [1.807, 2.05) is 17.5 Å². The Hall–Kier alpha value is -2.01. The number of halogens is 2. The van der Waals surface area contributed by atoms with Crippen molar-refractivity contribution in [2.75, 3.05) is 0 Å². The maximum Gasteiger partial charge on any atom is 0.387 e. The van der Waals surface area contributed by atoms with Crippen molar-refractivity contribution in [3.8, 4) is 5.75 Å². The fraction of sp³-hybridized carbons (Fsp3) is 0.0714. The highest BCUT2D eigenvalue weighted by Gasteiger charge is 2.07.